The van der Waals surface area contributed by atoms with E-state index in [9.17, 15) is 0 Å². The minimum atomic E-state index is 0.980. The Morgan fingerprint density at radius 3 is 2.56 bits per heavy atom. The van der Waals surface area contributed by atoms with Crippen LogP contribution < -0.4 is 5.32 Å². The summed E-state index contributed by atoms with van der Waals surface area (Å²) >= 11 is 3.72. The maximum absolute atomic E-state index is 3.52. The lowest BCUT2D eigenvalue weighted by atomic mass is 10.2. The molecule has 0 saturated carbocycles. The van der Waals surface area contributed by atoms with Gasteiger partial charge >= 0.3 is 0 Å². The van der Waals surface area contributed by atoms with Crippen LogP contribution in [0.3, 0.4) is 0 Å². The van der Waals surface area contributed by atoms with Gasteiger partial charge in [-0.2, -0.15) is 0 Å². The van der Waals surface area contributed by atoms with E-state index in [1.54, 1.807) is 0 Å². The number of rotatable bonds is 4. The monoisotopic (exact) mass is 251 g/mol. The highest BCUT2D eigenvalue weighted by molar-refractivity contribution is 7.12. The Morgan fingerprint density at radius 1 is 1.19 bits per heavy atom. The van der Waals surface area contributed by atoms with Gasteiger partial charge in [-0.25, -0.2) is 0 Å². The Kier molecular flexibility index (Phi) is 3.79. The summed E-state index contributed by atoms with van der Waals surface area (Å²) in [4.78, 5) is 4.29. The molecule has 1 nitrogen and oxygen atoms in total. The topological polar surface area (TPSA) is 12.0 Å². The van der Waals surface area contributed by atoms with Crippen LogP contribution in [0.25, 0.3) is 0 Å². The zero-order chi connectivity index (χ0) is 11.5. The molecule has 16 heavy (non-hydrogen) atoms. The zero-order valence-corrected chi connectivity index (χ0v) is 11.6. The van der Waals surface area contributed by atoms with E-state index >= 15 is 0 Å². The average Bonchev–Trinajstić information content (AvgIpc) is 2.75. The predicted molar refractivity (Wildman–Crippen MR) is 73.4 cm³/mol. The Hall–Kier alpha value is -0.640. The van der Waals surface area contributed by atoms with Gasteiger partial charge in [-0.3, -0.25) is 0 Å². The average molecular weight is 251 g/mol. The van der Waals surface area contributed by atoms with Crippen LogP contribution in [0.5, 0.6) is 0 Å². The second-order valence-electron chi connectivity index (χ2n) is 4.07. The second-order valence-corrected chi connectivity index (χ2v) is 6.53. The van der Waals surface area contributed by atoms with E-state index < -0.39 is 0 Å². The summed E-state index contributed by atoms with van der Waals surface area (Å²) in [5, 5.41) is 5.68. The van der Waals surface area contributed by atoms with Crippen LogP contribution >= 0.6 is 22.7 Å². The van der Waals surface area contributed by atoms with Gasteiger partial charge in [0, 0.05) is 27.7 Å². The van der Waals surface area contributed by atoms with Gasteiger partial charge in [0.2, 0.25) is 0 Å². The van der Waals surface area contributed by atoms with Gasteiger partial charge in [-0.05, 0) is 49.4 Å². The van der Waals surface area contributed by atoms with E-state index in [1.807, 2.05) is 22.7 Å². The first-order valence-corrected chi connectivity index (χ1v) is 7.16. The van der Waals surface area contributed by atoms with Crippen LogP contribution in [0.2, 0.25) is 0 Å². The van der Waals surface area contributed by atoms with Crippen LogP contribution in [-0.4, -0.2) is 0 Å². The largest absolute Gasteiger partial charge is 0.308 e. The highest BCUT2D eigenvalue weighted by Gasteiger charge is 2.03. The fourth-order valence-electron chi connectivity index (χ4n) is 1.75. The van der Waals surface area contributed by atoms with Gasteiger partial charge < -0.3 is 5.32 Å². The molecular weight excluding hydrogens is 234 g/mol. The van der Waals surface area contributed by atoms with Gasteiger partial charge in [0.15, 0.2) is 0 Å². The van der Waals surface area contributed by atoms with E-state index in [4.69, 9.17) is 0 Å². The summed E-state index contributed by atoms with van der Waals surface area (Å²) in [6, 6.07) is 4.47. The number of nitrogens with one attached hydrogen (secondary N) is 1. The van der Waals surface area contributed by atoms with Gasteiger partial charge in [0.1, 0.15) is 0 Å². The fourth-order valence-corrected chi connectivity index (χ4v) is 3.58. The number of hydrogen-bond donors (Lipinski definition) is 1. The predicted octanol–water partition coefficient (Wildman–Crippen LogP) is 4.02. The summed E-state index contributed by atoms with van der Waals surface area (Å²) < 4.78 is 0. The van der Waals surface area contributed by atoms with E-state index in [2.05, 4.69) is 43.6 Å². The Morgan fingerprint density at radius 2 is 2.00 bits per heavy atom. The van der Waals surface area contributed by atoms with Crippen molar-refractivity contribution in [1.82, 2.24) is 5.32 Å². The molecule has 2 rings (SSSR count). The number of thiophene rings is 2. The standard InChI is InChI=1S/C13H17NS2/c1-9-4-5-15-13(9)8-14-7-12-6-10(2)16-11(12)3/h4-6,14H,7-8H2,1-3H3. The highest BCUT2D eigenvalue weighted by Crippen LogP contribution is 2.21. The molecule has 0 unspecified atom stereocenters. The minimum Gasteiger partial charge on any atom is -0.308 e. The molecule has 0 fully saturated rings. The summed E-state index contributed by atoms with van der Waals surface area (Å²) in [6.07, 6.45) is 0. The van der Waals surface area contributed by atoms with E-state index in [1.165, 1.54) is 25.8 Å². The molecule has 0 radical (unpaired) electrons. The molecule has 0 aliphatic carbocycles. The Balaban J connectivity index is 1.89. The summed E-state index contributed by atoms with van der Waals surface area (Å²) in [5.41, 5.74) is 2.84. The lowest BCUT2D eigenvalue weighted by Gasteiger charge is -2.03. The summed E-state index contributed by atoms with van der Waals surface area (Å²) in [7, 11) is 0. The molecule has 0 atom stereocenters. The molecule has 0 bridgehead atoms. The molecule has 0 spiro atoms. The van der Waals surface area contributed by atoms with Crippen LogP contribution in [0.4, 0.5) is 0 Å². The molecule has 2 aromatic rings. The maximum Gasteiger partial charge on any atom is 0.0305 e. The van der Waals surface area contributed by atoms with Gasteiger partial charge in [-0.15, -0.1) is 22.7 Å². The maximum atomic E-state index is 3.52. The summed E-state index contributed by atoms with van der Waals surface area (Å²) in [5.74, 6) is 0. The van der Waals surface area contributed by atoms with Crippen molar-refractivity contribution in [3.8, 4) is 0 Å². The van der Waals surface area contributed by atoms with Crippen molar-refractivity contribution in [3.63, 3.8) is 0 Å². The quantitative estimate of drug-likeness (QED) is 0.865. The minimum absolute atomic E-state index is 0.980. The van der Waals surface area contributed by atoms with Crippen molar-refractivity contribution in [3.05, 3.63) is 43.3 Å². The van der Waals surface area contributed by atoms with Crippen molar-refractivity contribution >= 4 is 22.7 Å². The molecule has 3 heteroatoms. The number of hydrogen-bond acceptors (Lipinski definition) is 3. The third-order valence-corrected chi connectivity index (χ3v) is 4.74. The van der Waals surface area contributed by atoms with Gasteiger partial charge in [0.05, 0.1) is 0 Å². The SMILES string of the molecule is Cc1cc(CNCc2sccc2C)c(C)s1. The molecule has 0 aliphatic heterocycles. The molecule has 0 saturated heterocycles. The van der Waals surface area contributed by atoms with Crippen molar-refractivity contribution in [1.29, 1.82) is 0 Å². The Labute approximate surface area is 105 Å². The lowest BCUT2D eigenvalue weighted by Crippen LogP contribution is -2.12. The van der Waals surface area contributed by atoms with Crippen LogP contribution in [0.1, 0.15) is 25.8 Å². The molecule has 0 amide bonds. The molecule has 0 aromatic carbocycles. The van der Waals surface area contributed by atoms with Gasteiger partial charge in [0.25, 0.3) is 0 Å². The first-order chi connectivity index (χ1) is 7.66. The van der Waals surface area contributed by atoms with Crippen molar-refractivity contribution in [2.24, 2.45) is 0 Å². The fraction of sp³-hybridized carbons (Fsp3) is 0.385. The first kappa shape index (κ1) is 11.8. The summed E-state index contributed by atoms with van der Waals surface area (Å²) in [6.45, 7) is 8.51. The van der Waals surface area contributed by atoms with Crippen molar-refractivity contribution in [2.45, 2.75) is 33.9 Å². The third-order valence-electron chi connectivity index (χ3n) is 2.71. The van der Waals surface area contributed by atoms with E-state index in [0.717, 1.165) is 13.1 Å². The lowest BCUT2D eigenvalue weighted by molar-refractivity contribution is 0.698. The molecule has 2 heterocycles. The second kappa shape index (κ2) is 5.13. The first-order valence-electron chi connectivity index (χ1n) is 5.46. The van der Waals surface area contributed by atoms with E-state index in [0.29, 0.717) is 0 Å². The highest BCUT2D eigenvalue weighted by atomic mass is 32.1. The smallest absolute Gasteiger partial charge is 0.0305 e. The third kappa shape index (κ3) is 2.73. The molecule has 2 aromatic heterocycles. The zero-order valence-electron chi connectivity index (χ0n) is 9.96. The normalized spacial score (nSPS) is 10.9. The van der Waals surface area contributed by atoms with Gasteiger partial charge in [-0.1, -0.05) is 0 Å². The molecule has 1 N–H and O–H groups in total. The van der Waals surface area contributed by atoms with E-state index in [-0.39, 0.29) is 0 Å². The number of aryl methyl sites for hydroxylation is 3. The Bertz CT molecular complexity index is 468. The van der Waals surface area contributed by atoms with Crippen LogP contribution in [-0.2, 0) is 13.1 Å². The van der Waals surface area contributed by atoms with Crippen LogP contribution in [0, 0.1) is 20.8 Å². The van der Waals surface area contributed by atoms with Crippen molar-refractivity contribution in [2.75, 3.05) is 0 Å². The molecule has 0 aliphatic rings. The van der Waals surface area contributed by atoms with Crippen molar-refractivity contribution < 1.29 is 0 Å². The molecular formula is C13H17NS2. The van der Waals surface area contributed by atoms with Crippen LogP contribution in [0.15, 0.2) is 17.5 Å². The molecule has 86 valence electrons.